The molecule has 0 aliphatic rings. The molecule has 0 spiro atoms. The van der Waals surface area contributed by atoms with E-state index in [9.17, 15) is 19.7 Å². The predicted molar refractivity (Wildman–Crippen MR) is 73.3 cm³/mol. The summed E-state index contributed by atoms with van der Waals surface area (Å²) in [4.78, 5) is 33.4. The van der Waals surface area contributed by atoms with Gasteiger partial charge in [-0.25, -0.2) is 4.79 Å². The van der Waals surface area contributed by atoms with Crippen molar-refractivity contribution >= 4 is 17.2 Å². The number of aromatic nitrogens is 2. The molecule has 0 bridgehead atoms. The lowest BCUT2D eigenvalue weighted by Gasteiger charge is -2.11. The number of non-ortho nitro benzene ring substituents is 1. The van der Waals surface area contributed by atoms with E-state index in [-0.39, 0.29) is 5.69 Å². The topological polar surface area (TPSA) is 99.2 Å². The average molecular weight is 276 g/mol. The Morgan fingerprint density at radius 1 is 1.10 bits per heavy atom. The van der Waals surface area contributed by atoms with Crippen LogP contribution < -0.4 is 16.6 Å². The first-order valence-electron chi connectivity index (χ1n) is 5.68. The van der Waals surface area contributed by atoms with Crippen molar-refractivity contribution in [2.75, 3.05) is 5.32 Å². The molecule has 1 aromatic carbocycles. The molecule has 8 heteroatoms. The molecule has 0 unspecified atom stereocenters. The Bertz CT molecular complexity index is 774. The standard InChI is InChI=1S/C12H12N4O4/c1-14-10(7-11(17)15(2)12(14)18)13-8-3-5-9(6-4-8)16(19)20/h3-7,13H,1-2H3. The molecule has 0 fully saturated rings. The van der Waals surface area contributed by atoms with Gasteiger partial charge in [0.2, 0.25) is 0 Å². The Kier molecular flexibility index (Phi) is 3.38. The van der Waals surface area contributed by atoms with Crippen LogP contribution in [0.1, 0.15) is 0 Å². The molecule has 1 aromatic heterocycles. The van der Waals surface area contributed by atoms with E-state index >= 15 is 0 Å². The first-order valence-corrected chi connectivity index (χ1v) is 5.68. The summed E-state index contributed by atoms with van der Waals surface area (Å²) in [6.45, 7) is 0. The first kappa shape index (κ1) is 13.5. The van der Waals surface area contributed by atoms with E-state index in [1.807, 2.05) is 0 Å². The van der Waals surface area contributed by atoms with Gasteiger partial charge in [-0.05, 0) is 12.1 Å². The summed E-state index contributed by atoms with van der Waals surface area (Å²) in [7, 11) is 2.91. The Morgan fingerprint density at radius 3 is 2.25 bits per heavy atom. The molecule has 1 heterocycles. The van der Waals surface area contributed by atoms with Crippen molar-refractivity contribution < 1.29 is 4.92 Å². The van der Waals surface area contributed by atoms with E-state index in [0.717, 1.165) is 4.57 Å². The lowest BCUT2D eigenvalue weighted by molar-refractivity contribution is -0.384. The number of nitrogens with one attached hydrogen (secondary N) is 1. The normalized spacial score (nSPS) is 10.3. The van der Waals surface area contributed by atoms with Crippen LogP contribution in [-0.4, -0.2) is 14.1 Å². The van der Waals surface area contributed by atoms with Crippen LogP contribution in [0.4, 0.5) is 17.2 Å². The molecule has 20 heavy (non-hydrogen) atoms. The number of nitrogens with zero attached hydrogens (tertiary/aromatic N) is 3. The van der Waals surface area contributed by atoms with Gasteiger partial charge in [0, 0.05) is 38.0 Å². The van der Waals surface area contributed by atoms with E-state index in [1.54, 1.807) is 0 Å². The van der Waals surface area contributed by atoms with Gasteiger partial charge in [-0.3, -0.25) is 24.0 Å². The summed E-state index contributed by atoms with van der Waals surface area (Å²) in [6, 6.07) is 6.95. The number of rotatable bonds is 3. The number of hydrogen-bond acceptors (Lipinski definition) is 5. The van der Waals surface area contributed by atoms with Crippen LogP contribution >= 0.6 is 0 Å². The van der Waals surface area contributed by atoms with Crippen LogP contribution in [0, 0.1) is 10.1 Å². The molecular formula is C12H12N4O4. The fraction of sp³-hybridized carbons (Fsp3) is 0.167. The van der Waals surface area contributed by atoms with Crippen LogP contribution in [0.2, 0.25) is 0 Å². The second kappa shape index (κ2) is 5.00. The monoisotopic (exact) mass is 276 g/mol. The van der Waals surface area contributed by atoms with Gasteiger partial charge in [-0.15, -0.1) is 0 Å². The van der Waals surface area contributed by atoms with Crippen molar-refractivity contribution in [3.63, 3.8) is 0 Å². The minimum absolute atomic E-state index is 0.0339. The molecule has 0 saturated carbocycles. The van der Waals surface area contributed by atoms with Crippen molar-refractivity contribution in [3.8, 4) is 0 Å². The summed E-state index contributed by atoms with van der Waals surface area (Å²) < 4.78 is 2.27. The van der Waals surface area contributed by atoms with Gasteiger partial charge in [0.1, 0.15) is 5.82 Å². The van der Waals surface area contributed by atoms with E-state index in [2.05, 4.69) is 5.32 Å². The summed E-state index contributed by atoms with van der Waals surface area (Å²) in [5, 5.41) is 13.4. The lowest BCUT2D eigenvalue weighted by atomic mass is 10.3. The van der Waals surface area contributed by atoms with Gasteiger partial charge in [0.15, 0.2) is 0 Å². The Labute approximate surface area is 113 Å². The fourth-order valence-electron chi connectivity index (χ4n) is 1.67. The zero-order valence-electron chi connectivity index (χ0n) is 10.9. The molecule has 0 saturated heterocycles. The second-order valence-corrected chi connectivity index (χ2v) is 4.20. The van der Waals surface area contributed by atoms with Crippen LogP contribution in [0.15, 0.2) is 39.9 Å². The maximum absolute atomic E-state index is 11.7. The van der Waals surface area contributed by atoms with Crippen molar-refractivity contribution in [2.45, 2.75) is 0 Å². The molecule has 0 radical (unpaired) electrons. The minimum Gasteiger partial charge on any atom is -0.341 e. The smallest absolute Gasteiger partial charge is 0.332 e. The number of benzene rings is 1. The van der Waals surface area contributed by atoms with Gasteiger partial charge in [0.25, 0.3) is 11.2 Å². The third-order valence-electron chi connectivity index (χ3n) is 2.88. The van der Waals surface area contributed by atoms with Crippen molar-refractivity contribution in [3.05, 3.63) is 61.3 Å². The number of anilines is 2. The van der Waals surface area contributed by atoms with Crippen molar-refractivity contribution in [2.24, 2.45) is 14.1 Å². The lowest BCUT2D eigenvalue weighted by Crippen LogP contribution is -2.37. The average Bonchev–Trinajstić information content (AvgIpc) is 2.43. The number of hydrogen-bond donors (Lipinski definition) is 1. The maximum Gasteiger partial charge on any atom is 0.332 e. The van der Waals surface area contributed by atoms with Gasteiger partial charge in [-0.1, -0.05) is 0 Å². The zero-order valence-corrected chi connectivity index (χ0v) is 10.9. The molecule has 2 rings (SSSR count). The van der Waals surface area contributed by atoms with Gasteiger partial charge < -0.3 is 5.32 Å². The number of nitro benzene ring substituents is 1. The summed E-state index contributed by atoms with van der Waals surface area (Å²) >= 11 is 0. The van der Waals surface area contributed by atoms with Crippen molar-refractivity contribution in [1.29, 1.82) is 0 Å². The molecule has 1 N–H and O–H groups in total. The van der Waals surface area contributed by atoms with Crippen molar-refractivity contribution in [1.82, 2.24) is 9.13 Å². The molecule has 0 aliphatic heterocycles. The summed E-state index contributed by atoms with van der Waals surface area (Å²) in [6.07, 6.45) is 0. The summed E-state index contributed by atoms with van der Waals surface area (Å²) in [5.41, 5.74) is -0.383. The zero-order chi connectivity index (χ0) is 14.9. The predicted octanol–water partition coefficient (Wildman–Crippen LogP) is 0.736. The van der Waals surface area contributed by atoms with Crippen LogP contribution in [-0.2, 0) is 14.1 Å². The number of nitro groups is 1. The van der Waals surface area contributed by atoms with Crippen LogP contribution in [0.5, 0.6) is 0 Å². The molecule has 2 aromatic rings. The molecule has 8 nitrogen and oxygen atoms in total. The van der Waals surface area contributed by atoms with E-state index in [1.165, 1.54) is 49.0 Å². The third kappa shape index (κ3) is 2.44. The molecule has 0 amide bonds. The Hall–Kier alpha value is -2.90. The van der Waals surface area contributed by atoms with Crippen LogP contribution in [0.3, 0.4) is 0 Å². The SMILES string of the molecule is Cn1c(Nc2ccc([N+](=O)[O-])cc2)cc(=O)n(C)c1=O. The maximum atomic E-state index is 11.7. The van der Waals surface area contributed by atoms with E-state index < -0.39 is 16.2 Å². The quantitative estimate of drug-likeness (QED) is 0.658. The molecule has 0 aliphatic carbocycles. The van der Waals surface area contributed by atoms with Gasteiger partial charge in [-0.2, -0.15) is 0 Å². The first-order chi connectivity index (χ1) is 9.40. The third-order valence-corrected chi connectivity index (χ3v) is 2.88. The highest BCUT2D eigenvalue weighted by atomic mass is 16.6. The highest BCUT2D eigenvalue weighted by Gasteiger charge is 2.07. The minimum atomic E-state index is -0.502. The molecule has 0 atom stereocenters. The second-order valence-electron chi connectivity index (χ2n) is 4.20. The Balaban J connectivity index is 2.38. The molecule has 104 valence electrons. The van der Waals surface area contributed by atoms with Crippen LogP contribution in [0.25, 0.3) is 0 Å². The summed E-state index contributed by atoms with van der Waals surface area (Å²) in [5.74, 6) is 0.312. The fourth-order valence-corrected chi connectivity index (χ4v) is 1.67. The highest BCUT2D eigenvalue weighted by Crippen LogP contribution is 2.18. The van der Waals surface area contributed by atoms with E-state index in [4.69, 9.17) is 0 Å². The largest absolute Gasteiger partial charge is 0.341 e. The highest BCUT2D eigenvalue weighted by molar-refractivity contribution is 5.57. The van der Waals surface area contributed by atoms with Gasteiger partial charge >= 0.3 is 5.69 Å². The van der Waals surface area contributed by atoms with Gasteiger partial charge in [0.05, 0.1) is 4.92 Å². The molecular weight excluding hydrogens is 264 g/mol. The van der Waals surface area contributed by atoms with E-state index in [0.29, 0.717) is 11.5 Å². The Morgan fingerprint density at radius 2 is 1.70 bits per heavy atom.